The molecule has 27 heavy (non-hydrogen) atoms. The molecule has 0 bridgehead atoms. The topological polar surface area (TPSA) is 83.7 Å². The van der Waals surface area contributed by atoms with Gasteiger partial charge in [-0.3, -0.25) is 15.5 Å². The van der Waals surface area contributed by atoms with E-state index in [9.17, 15) is 10.1 Å². The lowest BCUT2D eigenvalue weighted by molar-refractivity contribution is -0.385. The molecule has 0 spiro atoms. The fraction of sp³-hybridized carbons (Fsp3) is 0.400. The van der Waals surface area contributed by atoms with Gasteiger partial charge in [0.2, 0.25) is 0 Å². The van der Waals surface area contributed by atoms with Crippen LogP contribution in [0.1, 0.15) is 51.2 Å². The van der Waals surface area contributed by atoms with Crippen LogP contribution in [0.3, 0.4) is 0 Å². The Balaban J connectivity index is 1.76. The minimum atomic E-state index is -0.477. The smallest absolute Gasteiger partial charge is 0.287 e. The maximum atomic E-state index is 10.7. The van der Waals surface area contributed by atoms with Crippen LogP contribution >= 0.6 is 0 Å². The van der Waals surface area contributed by atoms with Crippen molar-refractivity contribution in [2.75, 3.05) is 16.9 Å². The van der Waals surface area contributed by atoms with E-state index in [1.807, 2.05) is 0 Å². The number of nitrogens with zero attached hydrogens (tertiary/aromatic N) is 4. The van der Waals surface area contributed by atoms with E-state index in [-0.39, 0.29) is 11.2 Å². The number of nitrogens with one attached hydrogen (secondary N) is 1. The molecular formula is C20H25N5O2. The molecule has 0 fully saturated rings. The molecule has 1 aromatic heterocycles. The molecule has 7 heteroatoms. The van der Waals surface area contributed by atoms with Crippen molar-refractivity contribution in [3.8, 4) is 0 Å². The van der Waals surface area contributed by atoms with Crippen LogP contribution < -0.4 is 10.3 Å². The van der Waals surface area contributed by atoms with E-state index in [0.29, 0.717) is 11.7 Å². The van der Waals surface area contributed by atoms with Crippen LogP contribution in [0.5, 0.6) is 0 Å². The standard InChI is InChI=1S/C20H25N5O2/c1-5-24-18-8-6-15(10-17(18)14(2)11-20(24,3)4)12-22-23-19-9-7-16(13-21-19)25(26)27/h6-10,12-14H,5,11H2,1-4H3,(H,21,23)/b22-12-/t14-/m1/s1. The van der Waals surface area contributed by atoms with Crippen LogP contribution in [0.2, 0.25) is 0 Å². The molecule has 0 amide bonds. The van der Waals surface area contributed by atoms with E-state index in [2.05, 4.69) is 66.3 Å². The Bertz CT molecular complexity index is 861. The quantitative estimate of drug-likeness (QED) is 0.476. The highest BCUT2D eigenvalue weighted by molar-refractivity contribution is 5.82. The van der Waals surface area contributed by atoms with Gasteiger partial charge in [0.15, 0.2) is 0 Å². The summed E-state index contributed by atoms with van der Waals surface area (Å²) in [4.78, 5) is 16.6. The Labute approximate surface area is 159 Å². The maximum absolute atomic E-state index is 10.7. The zero-order chi connectivity index (χ0) is 19.6. The second-order valence-corrected chi connectivity index (χ2v) is 7.51. The normalized spacial score (nSPS) is 18.4. The molecule has 0 saturated heterocycles. The van der Waals surface area contributed by atoms with Gasteiger partial charge in [-0.05, 0) is 62.4 Å². The highest BCUT2D eigenvalue weighted by Gasteiger charge is 2.35. The van der Waals surface area contributed by atoms with E-state index in [1.54, 1.807) is 6.21 Å². The van der Waals surface area contributed by atoms with Crippen molar-refractivity contribution >= 4 is 23.4 Å². The maximum Gasteiger partial charge on any atom is 0.287 e. The van der Waals surface area contributed by atoms with Crippen LogP contribution in [0.4, 0.5) is 17.2 Å². The van der Waals surface area contributed by atoms with Gasteiger partial charge in [-0.15, -0.1) is 0 Å². The summed E-state index contributed by atoms with van der Waals surface area (Å²) >= 11 is 0. The monoisotopic (exact) mass is 367 g/mol. The molecule has 142 valence electrons. The Kier molecular flexibility index (Phi) is 5.12. The van der Waals surface area contributed by atoms with Crippen molar-refractivity contribution in [1.29, 1.82) is 0 Å². The lowest BCUT2D eigenvalue weighted by Crippen LogP contribution is -2.48. The second kappa shape index (κ2) is 7.34. The number of rotatable bonds is 5. The zero-order valence-corrected chi connectivity index (χ0v) is 16.1. The molecule has 1 aliphatic rings. The second-order valence-electron chi connectivity index (χ2n) is 7.51. The van der Waals surface area contributed by atoms with Gasteiger partial charge in [0.1, 0.15) is 12.0 Å². The number of fused-ring (bicyclic) bond motifs is 1. The van der Waals surface area contributed by atoms with Gasteiger partial charge in [-0.25, -0.2) is 4.98 Å². The lowest BCUT2D eigenvalue weighted by Gasteiger charge is -2.47. The molecule has 7 nitrogen and oxygen atoms in total. The van der Waals surface area contributed by atoms with E-state index in [4.69, 9.17) is 0 Å². The summed E-state index contributed by atoms with van der Waals surface area (Å²) in [5.41, 5.74) is 6.56. The predicted molar refractivity (Wildman–Crippen MR) is 109 cm³/mol. The summed E-state index contributed by atoms with van der Waals surface area (Å²) < 4.78 is 0. The van der Waals surface area contributed by atoms with E-state index >= 15 is 0 Å². The number of pyridine rings is 1. The molecule has 3 rings (SSSR count). The number of nitro groups is 1. The highest BCUT2D eigenvalue weighted by atomic mass is 16.6. The fourth-order valence-electron chi connectivity index (χ4n) is 3.92. The minimum absolute atomic E-state index is 0.0448. The van der Waals surface area contributed by atoms with Crippen LogP contribution in [0, 0.1) is 10.1 Å². The molecule has 1 N–H and O–H groups in total. The molecule has 2 aromatic rings. The van der Waals surface area contributed by atoms with Gasteiger partial charge >= 0.3 is 0 Å². The lowest BCUT2D eigenvalue weighted by atomic mass is 9.79. The van der Waals surface area contributed by atoms with Crippen LogP contribution in [-0.2, 0) is 0 Å². The minimum Gasteiger partial charge on any atom is -0.366 e. The van der Waals surface area contributed by atoms with Gasteiger partial charge in [-0.2, -0.15) is 5.10 Å². The molecule has 1 aliphatic heterocycles. The third kappa shape index (κ3) is 3.92. The van der Waals surface area contributed by atoms with E-state index in [1.165, 1.54) is 29.6 Å². The van der Waals surface area contributed by atoms with Crippen LogP contribution in [0.25, 0.3) is 0 Å². The Morgan fingerprint density at radius 3 is 2.81 bits per heavy atom. The summed E-state index contributed by atoms with van der Waals surface area (Å²) in [5.74, 6) is 0.942. The number of benzene rings is 1. The van der Waals surface area contributed by atoms with Crippen molar-refractivity contribution in [2.45, 2.75) is 45.6 Å². The molecule has 0 radical (unpaired) electrons. The molecule has 1 aromatic carbocycles. The van der Waals surface area contributed by atoms with Gasteiger partial charge in [0.05, 0.1) is 11.1 Å². The number of hydrogen-bond donors (Lipinski definition) is 1. The van der Waals surface area contributed by atoms with Crippen LogP contribution in [0.15, 0.2) is 41.6 Å². The van der Waals surface area contributed by atoms with Crippen molar-refractivity contribution in [3.63, 3.8) is 0 Å². The number of hydrogen-bond acceptors (Lipinski definition) is 6. The van der Waals surface area contributed by atoms with Crippen molar-refractivity contribution in [3.05, 3.63) is 57.8 Å². The number of aromatic nitrogens is 1. The summed E-state index contributed by atoms with van der Waals surface area (Å²) in [5, 5.41) is 14.9. The molecule has 0 saturated carbocycles. The van der Waals surface area contributed by atoms with Crippen molar-refractivity contribution < 1.29 is 4.92 Å². The first kappa shape index (κ1) is 18.8. The summed E-state index contributed by atoms with van der Waals surface area (Å²) in [6.07, 6.45) is 4.06. The summed E-state index contributed by atoms with van der Waals surface area (Å²) in [7, 11) is 0. The largest absolute Gasteiger partial charge is 0.366 e. The Hall–Kier alpha value is -2.96. The Morgan fingerprint density at radius 2 is 2.19 bits per heavy atom. The first-order valence-electron chi connectivity index (χ1n) is 9.13. The SMILES string of the molecule is CCN1c2ccc(/C=N\Nc3ccc([N+](=O)[O-])cn3)cc2[C@H](C)CC1(C)C. The van der Waals surface area contributed by atoms with Gasteiger partial charge < -0.3 is 4.90 Å². The van der Waals surface area contributed by atoms with E-state index < -0.39 is 4.92 Å². The zero-order valence-electron chi connectivity index (χ0n) is 16.1. The third-order valence-corrected chi connectivity index (χ3v) is 5.08. The fourth-order valence-corrected chi connectivity index (χ4v) is 3.92. The summed E-state index contributed by atoms with van der Waals surface area (Å²) in [6, 6.07) is 9.34. The average Bonchev–Trinajstić information content (AvgIpc) is 2.62. The van der Waals surface area contributed by atoms with Gasteiger partial charge in [0.25, 0.3) is 5.69 Å². The predicted octanol–water partition coefficient (Wildman–Crippen LogP) is 4.55. The molecule has 0 unspecified atom stereocenters. The number of anilines is 2. The third-order valence-electron chi connectivity index (χ3n) is 5.08. The van der Waals surface area contributed by atoms with Gasteiger partial charge in [-0.1, -0.05) is 13.0 Å². The Morgan fingerprint density at radius 1 is 1.41 bits per heavy atom. The average molecular weight is 367 g/mol. The van der Waals surface area contributed by atoms with Crippen molar-refractivity contribution in [1.82, 2.24) is 4.98 Å². The van der Waals surface area contributed by atoms with Crippen LogP contribution in [-0.4, -0.2) is 28.2 Å². The molecule has 2 heterocycles. The van der Waals surface area contributed by atoms with Crippen molar-refractivity contribution in [2.24, 2.45) is 5.10 Å². The summed E-state index contributed by atoms with van der Waals surface area (Å²) in [6.45, 7) is 10.0. The van der Waals surface area contributed by atoms with Gasteiger partial charge in [0, 0.05) is 23.8 Å². The molecule has 1 atom stereocenters. The first-order valence-corrected chi connectivity index (χ1v) is 9.13. The molecule has 0 aliphatic carbocycles. The van der Waals surface area contributed by atoms with E-state index in [0.717, 1.165) is 18.5 Å². The highest BCUT2D eigenvalue weighted by Crippen LogP contribution is 2.43. The number of hydrazone groups is 1. The molecular weight excluding hydrogens is 342 g/mol. The first-order chi connectivity index (χ1) is 12.8.